The predicted molar refractivity (Wildman–Crippen MR) is 82.8 cm³/mol. The molecule has 0 aliphatic carbocycles. The van der Waals surface area contributed by atoms with E-state index < -0.39 is 23.6 Å². The van der Waals surface area contributed by atoms with Crippen molar-refractivity contribution in [1.82, 2.24) is 24.7 Å². The lowest BCUT2D eigenvalue weighted by Crippen LogP contribution is -2.09. The van der Waals surface area contributed by atoms with Crippen LogP contribution in [0.15, 0.2) is 36.8 Å². The van der Waals surface area contributed by atoms with E-state index in [0.717, 1.165) is 23.1 Å². The molecule has 0 fully saturated rings. The minimum Gasteiger partial charge on any atom is -0.481 e. The van der Waals surface area contributed by atoms with E-state index in [1.54, 1.807) is 0 Å². The fourth-order valence-electron chi connectivity index (χ4n) is 2.28. The molecule has 0 saturated carbocycles. The average Bonchev–Trinajstić information content (AvgIpc) is 3.11. The van der Waals surface area contributed by atoms with Crippen LogP contribution in [0.2, 0.25) is 0 Å². The molecule has 3 aromatic heterocycles. The van der Waals surface area contributed by atoms with Gasteiger partial charge in [-0.15, -0.1) is 0 Å². The predicted octanol–water partition coefficient (Wildman–Crippen LogP) is 3.69. The fraction of sp³-hybridized carbons (Fsp3) is 0.250. The average molecular weight is 403 g/mol. The summed E-state index contributed by atoms with van der Waals surface area (Å²) in [7, 11) is 1.29. The maximum atomic E-state index is 12.8. The molecular weight excluding hydrogens is 392 g/mol. The van der Waals surface area contributed by atoms with E-state index in [1.807, 2.05) is 0 Å². The Morgan fingerprint density at radius 3 is 2.39 bits per heavy atom. The first-order chi connectivity index (χ1) is 13.1. The lowest BCUT2D eigenvalue weighted by Gasteiger charge is -2.09. The fourth-order valence-corrected chi connectivity index (χ4v) is 2.28. The van der Waals surface area contributed by atoms with Gasteiger partial charge < -0.3 is 4.74 Å². The molecule has 3 rings (SSSR count). The summed E-state index contributed by atoms with van der Waals surface area (Å²) in [6.07, 6.45) is -6.94. The third-order valence-electron chi connectivity index (χ3n) is 3.57. The molecule has 148 valence electrons. The molecule has 0 aromatic carbocycles. The van der Waals surface area contributed by atoms with Gasteiger partial charge in [-0.05, 0) is 17.7 Å². The first-order valence-electron chi connectivity index (χ1n) is 7.62. The van der Waals surface area contributed by atoms with Crippen molar-refractivity contribution in [2.24, 2.45) is 0 Å². The zero-order valence-electron chi connectivity index (χ0n) is 14.1. The lowest BCUT2D eigenvalue weighted by molar-refractivity contribution is -0.141. The molecule has 0 saturated heterocycles. The number of alkyl halides is 6. The van der Waals surface area contributed by atoms with E-state index in [2.05, 4.69) is 20.1 Å². The molecule has 0 atom stereocenters. The Balaban J connectivity index is 1.95. The van der Waals surface area contributed by atoms with E-state index in [4.69, 9.17) is 4.74 Å². The first-order valence-corrected chi connectivity index (χ1v) is 7.62. The number of ether oxygens (including phenoxy) is 1. The Morgan fingerprint density at radius 2 is 1.79 bits per heavy atom. The van der Waals surface area contributed by atoms with Crippen LogP contribution in [0.3, 0.4) is 0 Å². The zero-order valence-corrected chi connectivity index (χ0v) is 14.1. The van der Waals surface area contributed by atoms with Crippen molar-refractivity contribution in [3.05, 3.63) is 59.4 Å². The number of pyridine rings is 1. The summed E-state index contributed by atoms with van der Waals surface area (Å²) in [4.78, 5) is 11.4. The van der Waals surface area contributed by atoms with Gasteiger partial charge in [0, 0.05) is 24.9 Å². The summed E-state index contributed by atoms with van der Waals surface area (Å²) in [5.74, 6) is 0.0364. The number of methoxy groups -OCH3 is 1. The highest BCUT2D eigenvalue weighted by atomic mass is 19.4. The van der Waals surface area contributed by atoms with Crippen molar-refractivity contribution >= 4 is 0 Å². The standard InChI is InChI=1S/C16H11F6N5O/c1-28-14-6-13(27-8-10(7-24-27)15(17,18)19)25-12(26-14)5-9-2-3-23-11(4-9)16(20,21)22/h2-4,6-8H,5H2,1H3. The van der Waals surface area contributed by atoms with E-state index in [-0.39, 0.29) is 29.5 Å². The van der Waals surface area contributed by atoms with Crippen molar-refractivity contribution < 1.29 is 31.1 Å². The van der Waals surface area contributed by atoms with E-state index in [9.17, 15) is 26.3 Å². The van der Waals surface area contributed by atoms with Gasteiger partial charge in [0.05, 0.1) is 18.9 Å². The van der Waals surface area contributed by atoms with Crippen LogP contribution in [0.1, 0.15) is 22.6 Å². The number of nitrogens with zero attached hydrogens (tertiary/aromatic N) is 5. The van der Waals surface area contributed by atoms with E-state index in [1.165, 1.54) is 19.2 Å². The summed E-state index contributed by atoms with van der Waals surface area (Å²) in [6, 6.07) is 3.45. The Hall–Kier alpha value is -3.18. The third-order valence-corrected chi connectivity index (χ3v) is 3.57. The third kappa shape index (κ3) is 4.38. The van der Waals surface area contributed by atoms with Crippen molar-refractivity contribution in [1.29, 1.82) is 0 Å². The number of halogens is 6. The molecule has 12 heteroatoms. The maximum Gasteiger partial charge on any atom is 0.433 e. The zero-order chi connectivity index (χ0) is 20.5. The molecule has 0 unspecified atom stereocenters. The van der Waals surface area contributed by atoms with Crippen molar-refractivity contribution in [2.75, 3.05) is 7.11 Å². The first kappa shape index (κ1) is 19.6. The van der Waals surface area contributed by atoms with Gasteiger partial charge in [0.25, 0.3) is 0 Å². The van der Waals surface area contributed by atoms with Gasteiger partial charge in [-0.3, -0.25) is 4.98 Å². The molecule has 0 aliphatic heterocycles. The van der Waals surface area contributed by atoms with Crippen LogP contribution in [-0.4, -0.2) is 31.8 Å². The second-order valence-electron chi connectivity index (χ2n) is 5.58. The minimum atomic E-state index is -4.61. The molecule has 0 amide bonds. The molecule has 0 aliphatic rings. The Labute approximate surface area is 153 Å². The molecular formula is C16H11F6N5O. The normalized spacial score (nSPS) is 12.2. The minimum absolute atomic E-state index is 0.0224. The number of rotatable bonds is 4. The number of hydrogen-bond donors (Lipinski definition) is 0. The molecule has 28 heavy (non-hydrogen) atoms. The molecule has 3 heterocycles. The number of hydrogen-bond acceptors (Lipinski definition) is 5. The number of aromatic nitrogens is 5. The van der Waals surface area contributed by atoms with Crippen LogP contribution in [-0.2, 0) is 18.8 Å². The van der Waals surface area contributed by atoms with Gasteiger partial charge >= 0.3 is 12.4 Å². The van der Waals surface area contributed by atoms with Gasteiger partial charge in [0.1, 0.15) is 11.5 Å². The van der Waals surface area contributed by atoms with E-state index in [0.29, 0.717) is 6.20 Å². The van der Waals surface area contributed by atoms with Gasteiger partial charge in [-0.25, -0.2) is 9.67 Å². The van der Waals surface area contributed by atoms with Crippen LogP contribution in [0, 0.1) is 0 Å². The summed E-state index contributed by atoms with van der Waals surface area (Å²) in [5, 5.41) is 3.61. The van der Waals surface area contributed by atoms with Crippen LogP contribution in [0.4, 0.5) is 26.3 Å². The van der Waals surface area contributed by atoms with Crippen LogP contribution >= 0.6 is 0 Å². The summed E-state index contributed by atoms with van der Waals surface area (Å²) < 4.78 is 82.5. The highest BCUT2D eigenvalue weighted by Gasteiger charge is 2.33. The summed E-state index contributed by atoms with van der Waals surface area (Å²) >= 11 is 0. The summed E-state index contributed by atoms with van der Waals surface area (Å²) in [5.41, 5.74) is -1.83. The Bertz CT molecular complexity index is 982. The maximum absolute atomic E-state index is 12.8. The van der Waals surface area contributed by atoms with Gasteiger partial charge in [-0.1, -0.05) is 0 Å². The van der Waals surface area contributed by atoms with Crippen LogP contribution in [0.25, 0.3) is 5.82 Å². The SMILES string of the molecule is COc1cc(-n2cc(C(F)(F)F)cn2)nc(Cc2ccnc(C(F)(F)F)c2)n1. The van der Waals surface area contributed by atoms with Crippen molar-refractivity contribution in [3.8, 4) is 11.7 Å². The molecule has 0 spiro atoms. The van der Waals surface area contributed by atoms with Gasteiger partial charge in [0.15, 0.2) is 5.82 Å². The quantitative estimate of drug-likeness (QED) is 0.622. The molecule has 3 aromatic rings. The second-order valence-corrected chi connectivity index (χ2v) is 5.58. The van der Waals surface area contributed by atoms with Crippen LogP contribution < -0.4 is 4.74 Å². The summed E-state index contributed by atoms with van der Waals surface area (Å²) in [6.45, 7) is 0. The second kappa shape index (κ2) is 7.09. The topological polar surface area (TPSA) is 65.7 Å². The van der Waals surface area contributed by atoms with Crippen molar-refractivity contribution in [3.63, 3.8) is 0 Å². The largest absolute Gasteiger partial charge is 0.481 e. The smallest absolute Gasteiger partial charge is 0.433 e. The van der Waals surface area contributed by atoms with E-state index >= 15 is 0 Å². The van der Waals surface area contributed by atoms with Crippen LogP contribution in [0.5, 0.6) is 5.88 Å². The highest BCUT2D eigenvalue weighted by molar-refractivity contribution is 5.31. The molecule has 0 radical (unpaired) electrons. The molecule has 6 nitrogen and oxygen atoms in total. The Kier molecular flexibility index (Phi) is 4.96. The Morgan fingerprint density at radius 1 is 1.04 bits per heavy atom. The van der Waals surface area contributed by atoms with Gasteiger partial charge in [-0.2, -0.15) is 36.4 Å². The van der Waals surface area contributed by atoms with Gasteiger partial charge in [0.2, 0.25) is 5.88 Å². The monoisotopic (exact) mass is 403 g/mol. The molecule has 0 N–H and O–H groups in total. The molecule has 0 bridgehead atoms. The highest BCUT2D eigenvalue weighted by Crippen LogP contribution is 2.30. The lowest BCUT2D eigenvalue weighted by atomic mass is 10.1. The van der Waals surface area contributed by atoms with Crippen molar-refractivity contribution in [2.45, 2.75) is 18.8 Å².